The summed E-state index contributed by atoms with van der Waals surface area (Å²) in [5.41, 5.74) is 0.412. The summed E-state index contributed by atoms with van der Waals surface area (Å²) in [6, 6.07) is 9.81. The minimum atomic E-state index is -1.07. The molecule has 150 valence electrons. The minimum absolute atomic E-state index is 0.00862. The van der Waals surface area contributed by atoms with Gasteiger partial charge in [0.1, 0.15) is 5.01 Å². The highest BCUT2D eigenvalue weighted by atomic mass is 32.1. The second kappa shape index (κ2) is 8.84. The van der Waals surface area contributed by atoms with Crippen molar-refractivity contribution >= 4 is 23.2 Å². The quantitative estimate of drug-likeness (QED) is 0.670. The fraction of sp³-hybridized carbons (Fsp3) is 0.476. The average Bonchev–Trinajstić information content (AvgIpc) is 3.34. The molecule has 2 N–H and O–H groups in total. The summed E-state index contributed by atoms with van der Waals surface area (Å²) in [5.74, 6) is -0.990. The first kappa shape index (κ1) is 20.5. The molecule has 6 nitrogen and oxygen atoms in total. The molecule has 1 amide bonds. The number of carboxylic acid groups (broad SMARTS) is 1. The van der Waals surface area contributed by atoms with Crippen LogP contribution >= 0.6 is 11.3 Å². The number of nitrogens with zero attached hydrogens (tertiary/aromatic N) is 2. The Morgan fingerprint density at radius 2 is 2.11 bits per heavy atom. The lowest BCUT2D eigenvalue weighted by molar-refractivity contribution is -0.134. The van der Waals surface area contributed by atoms with Gasteiger partial charge < -0.3 is 15.1 Å². The molecule has 2 atom stereocenters. The summed E-state index contributed by atoms with van der Waals surface area (Å²) in [6.07, 6.45) is 3.00. The highest BCUT2D eigenvalue weighted by molar-refractivity contribution is 7.10. The molecule has 7 heteroatoms. The smallest absolute Gasteiger partial charge is 0.355 e. The van der Waals surface area contributed by atoms with Gasteiger partial charge in [-0.25, -0.2) is 9.78 Å². The molecule has 2 aromatic rings. The number of likely N-dealkylation sites (tertiary alicyclic amines) is 1. The van der Waals surface area contributed by atoms with Gasteiger partial charge in [0.05, 0.1) is 11.6 Å². The number of aliphatic hydroxyl groups is 1. The zero-order valence-corrected chi connectivity index (χ0v) is 16.8. The van der Waals surface area contributed by atoms with Gasteiger partial charge in [-0.05, 0) is 37.7 Å². The van der Waals surface area contributed by atoms with Crippen molar-refractivity contribution in [1.29, 1.82) is 0 Å². The van der Waals surface area contributed by atoms with Crippen LogP contribution in [0.2, 0.25) is 0 Å². The topological polar surface area (TPSA) is 90.7 Å². The first-order valence-electron chi connectivity index (χ1n) is 9.68. The number of aliphatic hydroxyl groups excluding tert-OH is 1. The molecule has 0 saturated carbocycles. The van der Waals surface area contributed by atoms with Gasteiger partial charge in [0.25, 0.3) is 0 Å². The third-order valence-electron chi connectivity index (χ3n) is 5.50. The number of aromatic nitrogens is 1. The third kappa shape index (κ3) is 4.25. The van der Waals surface area contributed by atoms with Crippen LogP contribution < -0.4 is 0 Å². The van der Waals surface area contributed by atoms with Crippen LogP contribution in [0.25, 0.3) is 0 Å². The summed E-state index contributed by atoms with van der Waals surface area (Å²) < 4.78 is 0. The van der Waals surface area contributed by atoms with Crippen molar-refractivity contribution in [3.05, 3.63) is 52.0 Å². The van der Waals surface area contributed by atoms with Crippen LogP contribution in [0.4, 0.5) is 0 Å². The summed E-state index contributed by atoms with van der Waals surface area (Å²) in [7, 11) is 0. The van der Waals surface area contributed by atoms with Crippen LogP contribution in [0.15, 0.2) is 35.7 Å². The Morgan fingerprint density at radius 1 is 1.36 bits per heavy atom. The van der Waals surface area contributed by atoms with Gasteiger partial charge >= 0.3 is 5.97 Å². The summed E-state index contributed by atoms with van der Waals surface area (Å²) in [4.78, 5) is 30.1. The molecule has 1 aromatic heterocycles. The maximum Gasteiger partial charge on any atom is 0.355 e. The average molecular weight is 403 g/mol. The molecular formula is C21H26N2O4S. The zero-order chi connectivity index (χ0) is 20.1. The molecule has 28 heavy (non-hydrogen) atoms. The predicted octanol–water partition coefficient (Wildman–Crippen LogP) is 3.45. The van der Waals surface area contributed by atoms with E-state index in [1.54, 1.807) is 0 Å². The van der Waals surface area contributed by atoms with E-state index < -0.39 is 17.6 Å². The van der Waals surface area contributed by atoms with Crippen molar-refractivity contribution < 1.29 is 19.8 Å². The van der Waals surface area contributed by atoms with Gasteiger partial charge in [-0.3, -0.25) is 4.79 Å². The number of thiazole rings is 1. The maximum absolute atomic E-state index is 12.6. The fourth-order valence-electron chi connectivity index (χ4n) is 3.96. The lowest BCUT2D eigenvalue weighted by Crippen LogP contribution is -2.47. The van der Waals surface area contributed by atoms with Crippen molar-refractivity contribution in [3.8, 4) is 0 Å². The van der Waals surface area contributed by atoms with E-state index in [-0.39, 0.29) is 11.6 Å². The van der Waals surface area contributed by atoms with Gasteiger partial charge in [0.2, 0.25) is 5.91 Å². The maximum atomic E-state index is 12.6. The van der Waals surface area contributed by atoms with E-state index in [2.05, 4.69) is 4.98 Å². The lowest BCUT2D eigenvalue weighted by Gasteiger charge is -2.40. The van der Waals surface area contributed by atoms with Crippen molar-refractivity contribution in [1.82, 2.24) is 9.88 Å². The Balaban J connectivity index is 1.83. The molecule has 3 rings (SSSR count). The molecule has 0 spiro atoms. The van der Waals surface area contributed by atoms with Crippen molar-refractivity contribution in [2.24, 2.45) is 0 Å². The van der Waals surface area contributed by atoms with E-state index in [4.69, 9.17) is 0 Å². The Hall–Kier alpha value is -2.25. The number of carbonyl (C=O) groups is 2. The van der Waals surface area contributed by atoms with Gasteiger partial charge in [-0.15, -0.1) is 11.3 Å². The lowest BCUT2D eigenvalue weighted by atomic mass is 9.86. The highest BCUT2D eigenvalue weighted by Gasteiger charge is 2.44. The molecular weight excluding hydrogens is 376 g/mol. The first-order chi connectivity index (χ1) is 13.5. The highest BCUT2D eigenvalue weighted by Crippen LogP contribution is 2.41. The van der Waals surface area contributed by atoms with Gasteiger partial charge in [-0.1, -0.05) is 37.3 Å². The van der Waals surface area contributed by atoms with E-state index in [1.807, 2.05) is 42.2 Å². The zero-order valence-electron chi connectivity index (χ0n) is 16.0. The third-order valence-corrected chi connectivity index (χ3v) is 6.54. The van der Waals surface area contributed by atoms with Crippen LogP contribution in [0.5, 0.6) is 0 Å². The molecule has 1 aromatic carbocycles. The SMILES string of the molecule is CCC(CCC(O)Cc1ccccc1)(c1nc(C(=O)O)cs1)N1CCCC1=O. The second-order valence-corrected chi connectivity index (χ2v) is 8.12. The summed E-state index contributed by atoms with van der Waals surface area (Å²) in [5, 5.41) is 22.0. The van der Waals surface area contributed by atoms with Gasteiger partial charge in [0.15, 0.2) is 5.69 Å². The number of aromatic carboxylic acids is 1. The van der Waals surface area contributed by atoms with Crippen molar-refractivity contribution in [2.45, 2.75) is 57.1 Å². The second-order valence-electron chi connectivity index (χ2n) is 7.26. The fourth-order valence-corrected chi connectivity index (χ4v) is 5.06. The number of hydrogen-bond acceptors (Lipinski definition) is 5. The summed E-state index contributed by atoms with van der Waals surface area (Å²) in [6.45, 7) is 2.64. The minimum Gasteiger partial charge on any atom is -0.476 e. The Bertz CT molecular complexity index is 823. The normalized spacial score (nSPS) is 17.5. The van der Waals surface area contributed by atoms with Gasteiger partial charge in [-0.2, -0.15) is 0 Å². The molecule has 0 aliphatic carbocycles. The molecule has 0 bridgehead atoms. The van der Waals surface area contributed by atoms with E-state index in [1.165, 1.54) is 16.7 Å². The largest absolute Gasteiger partial charge is 0.476 e. The van der Waals surface area contributed by atoms with Crippen LogP contribution in [0, 0.1) is 0 Å². The van der Waals surface area contributed by atoms with Crippen molar-refractivity contribution in [2.75, 3.05) is 6.54 Å². The number of hydrogen-bond donors (Lipinski definition) is 2. The van der Waals surface area contributed by atoms with Crippen LogP contribution in [-0.2, 0) is 16.8 Å². The predicted molar refractivity (Wildman–Crippen MR) is 107 cm³/mol. The summed E-state index contributed by atoms with van der Waals surface area (Å²) >= 11 is 1.29. The molecule has 1 aliphatic rings. The van der Waals surface area contributed by atoms with Crippen molar-refractivity contribution in [3.63, 3.8) is 0 Å². The Kier molecular flexibility index (Phi) is 6.46. The molecule has 0 radical (unpaired) electrons. The number of carboxylic acids is 1. The van der Waals surface area contributed by atoms with E-state index in [0.717, 1.165) is 12.0 Å². The molecule has 1 fully saturated rings. The van der Waals surface area contributed by atoms with Crippen LogP contribution in [-0.4, -0.2) is 44.6 Å². The standard InChI is InChI=1S/C21H26N2O4S/c1-2-21(23-12-6-9-18(23)25,20-22-17(14-28-20)19(26)27)11-10-16(24)13-15-7-4-3-5-8-15/h3-5,7-8,14,16,24H,2,6,9-13H2,1H3,(H,26,27). The number of amides is 1. The number of benzene rings is 1. The van der Waals surface area contributed by atoms with Crippen LogP contribution in [0.1, 0.15) is 60.1 Å². The number of rotatable bonds is 9. The molecule has 1 aliphatic heterocycles. The van der Waals surface area contributed by atoms with E-state index >= 15 is 0 Å². The molecule has 2 heterocycles. The van der Waals surface area contributed by atoms with E-state index in [9.17, 15) is 19.8 Å². The Morgan fingerprint density at radius 3 is 2.68 bits per heavy atom. The Labute approximate surface area is 168 Å². The molecule has 2 unspecified atom stereocenters. The van der Waals surface area contributed by atoms with Crippen LogP contribution in [0.3, 0.4) is 0 Å². The monoisotopic (exact) mass is 402 g/mol. The number of carbonyl (C=O) groups excluding carboxylic acids is 1. The molecule has 1 saturated heterocycles. The van der Waals surface area contributed by atoms with Gasteiger partial charge in [0, 0.05) is 18.3 Å². The van der Waals surface area contributed by atoms with E-state index in [0.29, 0.717) is 43.7 Å². The first-order valence-corrected chi connectivity index (χ1v) is 10.6.